The van der Waals surface area contributed by atoms with Crippen LogP contribution >= 0.6 is 11.8 Å². The average molecular weight is 318 g/mol. The van der Waals surface area contributed by atoms with E-state index in [9.17, 15) is 8.42 Å². The summed E-state index contributed by atoms with van der Waals surface area (Å²) >= 11 is 1.83. The number of nitrogens with zero attached hydrogens (tertiary/aromatic N) is 2. The lowest BCUT2D eigenvalue weighted by molar-refractivity contribution is 0.402. The summed E-state index contributed by atoms with van der Waals surface area (Å²) in [5, 5.41) is 10.6. The molecule has 1 saturated heterocycles. The summed E-state index contributed by atoms with van der Waals surface area (Å²) in [5.41, 5.74) is 1.52. The van der Waals surface area contributed by atoms with Gasteiger partial charge in [-0.2, -0.15) is 21.2 Å². The van der Waals surface area contributed by atoms with E-state index in [1.165, 1.54) is 0 Å². The number of H-pyrrole nitrogens is 1. The quantitative estimate of drug-likeness (QED) is 0.864. The molecule has 1 aliphatic rings. The second-order valence-electron chi connectivity index (χ2n) is 5.24. The predicted molar refractivity (Wildman–Crippen MR) is 81.4 cm³/mol. The van der Waals surface area contributed by atoms with E-state index in [0.29, 0.717) is 30.1 Å². The molecule has 2 heterocycles. The zero-order chi connectivity index (χ0) is 14.9. The molecule has 0 amide bonds. The van der Waals surface area contributed by atoms with Crippen molar-refractivity contribution in [3.05, 3.63) is 11.3 Å². The van der Waals surface area contributed by atoms with Crippen molar-refractivity contribution >= 4 is 21.8 Å². The molecule has 8 heteroatoms. The summed E-state index contributed by atoms with van der Waals surface area (Å²) in [7, 11) is -1.73. The molecule has 20 heavy (non-hydrogen) atoms. The minimum absolute atomic E-state index is 0.163. The first kappa shape index (κ1) is 15.8. The molecule has 2 unspecified atom stereocenters. The maximum Gasteiger partial charge on any atom is 0.262 e. The van der Waals surface area contributed by atoms with E-state index >= 15 is 0 Å². The fourth-order valence-corrected chi connectivity index (χ4v) is 5.77. The van der Waals surface area contributed by atoms with Crippen LogP contribution in [0.25, 0.3) is 0 Å². The van der Waals surface area contributed by atoms with Crippen molar-refractivity contribution < 1.29 is 8.42 Å². The Labute approximate surface area is 124 Å². The van der Waals surface area contributed by atoms with Crippen LogP contribution in [-0.2, 0) is 16.6 Å². The van der Waals surface area contributed by atoms with Crippen molar-refractivity contribution in [1.82, 2.24) is 19.8 Å². The first-order chi connectivity index (χ1) is 9.36. The Hall–Kier alpha value is -0.570. The lowest BCUT2D eigenvalue weighted by Crippen LogP contribution is -2.44. The number of nitrogens with one attached hydrogen (secondary N) is 2. The lowest BCUT2D eigenvalue weighted by atomic mass is 10.3. The third-order valence-electron chi connectivity index (χ3n) is 3.36. The SMILES string of the molecule is CNCc1c(S(=O)(=O)N2CC(C)SC(C)C2)n[nH]c1C. The molecule has 0 aromatic carbocycles. The van der Waals surface area contributed by atoms with Gasteiger partial charge in [0.15, 0.2) is 5.03 Å². The Kier molecular flexibility index (Phi) is 4.78. The standard InChI is InChI=1S/C12H22N4O2S2/c1-8-6-16(7-9(2)19-8)20(17,18)12-11(5-13-4)10(3)14-15-12/h8-9,13H,5-7H2,1-4H3,(H,14,15). The van der Waals surface area contributed by atoms with Gasteiger partial charge in [0.05, 0.1) is 0 Å². The van der Waals surface area contributed by atoms with Crippen LogP contribution in [0.1, 0.15) is 25.1 Å². The molecule has 1 aliphatic heterocycles. The molecular formula is C12H22N4O2S2. The molecule has 2 rings (SSSR count). The van der Waals surface area contributed by atoms with Crippen molar-refractivity contribution in [2.45, 2.75) is 42.8 Å². The van der Waals surface area contributed by atoms with E-state index in [0.717, 1.165) is 11.3 Å². The van der Waals surface area contributed by atoms with Crippen molar-refractivity contribution in [3.63, 3.8) is 0 Å². The molecule has 0 saturated carbocycles. The summed E-state index contributed by atoms with van der Waals surface area (Å²) in [6.45, 7) is 7.55. The summed E-state index contributed by atoms with van der Waals surface area (Å²) in [4.78, 5) is 0. The summed E-state index contributed by atoms with van der Waals surface area (Å²) < 4.78 is 27.2. The largest absolute Gasteiger partial charge is 0.316 e. The van der Waals surface area contributed by atoms with Gasteiger partial charge in [0, 0.05) is 41.4 Å². The van der Waals surface area contributed by atoms with Gasteiger partial charge >= 0.3 is 0 Å². The maximum atomic E-state index is 12.8. The van der Waals surface area contributed by atoms with Gasteiger partial charge in [-0.3, -0.25) is 5.10 Å². The van der Waals surface area contributed by atoms with E-state index in [1.54, 1.807) is 11.4 Å². The first-order valence-corrected chi connectivity index (χ1v) is 9.08. The second-order valence-corrected chi connectivity index (χ2v) is 8.98. The summed E-state index contributed by atoms with van der Waals surface area (Å²) in [6, 6.07) is 0. The summed E-state index contributed by atoms with van der Waals surface area (Å²) in [5.74, 6) is 0. The number of aromatic nitrogens is 2. The number of rotatable bonds is 4. The van der Waals surface area contributed by atoms with Crippen LogP contribution in [-0.4, -0.2) is 53.6 Å². The number of thioether (sulfide) groups is 1. The highest BCUT2D eigenvalue weighted by atomic mass is 32.2. The Balaban J connectivity index is 2.35. The number of hydrogen-bond acceptors (Lipinski definition) is 5. The highest BCUT2D eigenvalue weighted by molar-refractivity contribution is 8.00. The van der Waals surface area contributed by atoms with Crippen molar-refractivity contribution in [2.24, 2.45) is 0 Å². The Bertz CT molecular complexity index is 560. The van der Waals surface area contributed by atoms with Crippen LogP contribution in [0.3, 0.4) is 0 Å². The van der Waals surface area contributed by atoms with Crippen molar-refractivity contribution in [1.29, 1.82) is 0 Å². The second kappa shape index (κ2) is 6.05. The molecule has 0 radical (unpaired) electrons. The summed E-state index contributed by atoms with van der Waals surface area (Å²) in [6.07, 6.45) is 0. The van der Waals surface area contributed by atoms with Gasteiger partial charge in [-0.05, 0) is 14.0 Å². The molecule has 2 N–H and O–H groups in total. The fourth-order valence-electron chi connectivity index (χ4n) is 2.48. The lowest BCUT2D eigenvalue weighted by Gasteiger charge is -2.33. The van der Waals surface area contributed by atoms with Crippen LogP contribution in [0.4, 0.5) is 0 Å². The van der Waals surface area contributed by atoms with Crippen LogP contribution in [0.15, 0.2) is 5.03 Å². The first-order valence-electron chi connectivity index (χ1n) is 6.70. The van der Waals surface area contributed by atoms with Gasteiger partial charge in [-0.15, -0.1) is 0 Å². The van der Waals surface area contributed by atoms with Gasteiger partial charge in [0.2, 0.25) is 0 Å². The number of aryl methyl sites for hydroxylation is 1. The van der Waals surface area contributed by atoms with Gasteiger partial charge < -0.3 is 5.32 Å². The van der Waals surface area contributed by atoms with Gasteiger partial charge in [0.25, 0.3) is 10.0 Å². The molecule has 2 atom stereocenters. The molecule has 0 spiro atoms. The van der Waals surface area contributed by atoms with Crippen molar-refractivity contribution in [3.8, 4) is 0 Å². The van der Waals surface area contributed by atoms with E-state index in [2.05, 4.69) is 29.4 Å². The Morgan fingerprint density at radius 3 is 2.55 bits per heavy atom. The van der Waals surface area contributed by atoms with Crippen LogP contribution < -0.4 is 5.32 Å². The Morgan fingerprint density at radius 1 is 1.40 bits per heavy atom. The van der Waals surface area contributed by atoms with Crippen LogP contribution in [0.5, 0.6) is 0 Å². The molecule has 0 aliphatic carbocycles. The number of hydrogen-bond donors (Lipinski definition) is 2. The van der Waals surface area contributed by atoms with Crippen LogP contribution in [0, 0.1) is 6.92 Å². The third kappa shape index (κ3) is 3.03. The molecule has 0 bridgehead atoms. The highest BCUT2D eigenvalue weighted by Crippen LogP contribution is 2.29. The normalized spacial score (nSPS) is 25.0. The predicted octanol–water partition coefficient (Wildman–Crippen LogP) is 0.952. The van der Waals surface area contributed by atoms with Crippen molar-refractivity contribution in [2.75, 3.05) is 20.1 Å². The molecule has 1 fully saturated rings. The minimum Gasteiger partial charge on any atom is -0.316 e. The van der Waals surface area contributed by atoms with E-state index in [1.807, 2.05) is 18.7 Å². The molecule has 1 aromatic heterocycles. The zero-order valence-electron chi connectivity index (χ0n) is 12.3. The molecule has 114 valence electrons. The van der Waals surface area contributed by atoms with Gasteiger partial charge in [0.1, 0.15) is 0 Å². The maximum absolute atomic E-state index is 12.8. The van der Waals surface area contributed by atoms with Gasteiger partial charge in [-0.25, -0.2) is 8.42 Å². The van der Waals surface area contributed by atoms with E-state index in [-0.39, 0.29) is 5.03 Å². The highest BCUT2D eigenvalue weighted by Gasteiger charge is 2.35. The van der Waals surface area contributed by atoms with E-state index in [4.69, 9.17) is 0 Å². The topological polar surface area (TPSA) is 78.1 Å². The number of aromatic amines is 1. The molecule has 6 nitrogen and oxygen atoms in total. The van der Waals surface area contributed by atoms with Gasteiger partial charge in [-0.1, -0.05) is 13.8 Å². The average Bonchev–Trinajstić information content (AvgIpc) is 2.71. The molecular weight excluding hydrogens is 296 g/mol. The monoisotopic (exact) mass is 318 g/mol. The minimum atomic E-state index is -3.52. The van der Waals surface area contributed by atoms with Crippen LogP contribution in [0.2, 0.25) is 0 Å². The fraction of sp³-hybridized carbons (Fsp3) is 0.750. The third-order valence-corrected chi connectivity index (χ3v) is 6.39. The van der Waals surface area contributed by atoms with E-state index < -0.39 is 10.0 Å². The number of sulfonamides is 1. The Morgan fingerprint density at radius 2 is 2.00 bits per heavy atom. The zero-order valence-corrected chi connectivity index (χ0v) is 13.9. The molecule has 1 aromatic rings. The smallest absolute Gasteiger partial charge is 0.262 e.